The van der Waals surface area contributed by atoms with E-state index in [2.05, 4.69) is 9.71 Å². The highest BCUT2D eigenvalue weighted by molar-refractivity contribution is 7.92. The molecule has 0 fully saturated rings. The average Bonchev–Trinajstić information content (AvgIpc) is 2.65. The van der Waals surface area contributed by atoms with Crippen LogP contribution in [0.4, 0.5) is 17.2 Å². The predicted molar refractivity (Wildman–Crippen MR) is 105 cm³/mol. The van der Waals surface area contributed by atoms with Crippen molar-refractivity contribution >= 4 is 33.2 Å². The summed E-state index contributed by atoms with van der Waals surface area (Å²) in [6.07, 6.45) is 1.51. The monoisotopic (exact) mass is 402 g/mol. The lowest BCUT2D eigenvalue weighted by Crippen LogP contribution is -2.13. The molecule has 1 aromatic heterocycles. The molecule has 0 aliphatic rings. The van der Waals surface area contributed by atoms with Crippen LogP contribution in [0.25, 0.3) is 0 Å². The molecule has 0 saturated carbocycles. The van der Waals surface area contributed by atoms with Crippen molar-refractivity contribution in [2.75, 3.05) is 16.2 Å². The van der Waals surface area contributed by atoms with Gasteiger partial charge >= 0.3 is 5.97 Å². The zero-order chi connectivity index (χ0) is 20.7. The van der Waals surface area contributed by atoms with Crippen LogP contribution in [0.2, 0.25) is 0 Å². The van der Waals surface area contributed by atoms with Crippen molar-refractivity contribution in [3.63, 3.8) is 0 Å². The molecule has 2 aromatic carbocycles. The van der Waals surface area contributed by atoms with Gasteiger partial charge in [0.05, 0.1) is 4.90 Å². The minimum Gasteiger partial charge on any atom is -0.507 e. The van der Waals surface area contributed by atoms with Crippen LogP contribution in [0.15, 0.2) is 71.8 Å². The number of carboxylic acids is 1. The van der Waals surface area contributed by atoms with Gasteiger partial charge in [-0.15, -0.1) is 0 Å². The highest BCUT2D eigenvalue weighted by atomic mass is 32.2. The largest absolute Gasteiger partial charge is 0.507 e. The Morgan fingerprint density at radius 2 is 1.61 bits per heavy atom. The fraction of sp³-hybridized carbons (Fsp3) is 0. The Morgan fingerprint density at radius 1 is 0.964 bits per heavy atom. The number of carbonyl (C=O) groups is 1. The summed E-state index contributed by atoms with van der Waals surface area (Å²) in [6.45, 7) is 0. The first kappa shape index (κ1) is 20.5. The van der Waals surface area contributed by atoms with Crippen LogP contribution in [0.3, 0.4) is 0 Å². The van der Waals surface area contributed by atoms with Crippen molar-refractivity contribution in [2.24, 2.45) is 0 Å². The number of aromatic nitrogens is 1. The second-order valence-electron chi connectivity index (χ2n) is 5.47. The third kappa shape index (κ3) is 5.61. The van der Waals surface area contributed by atoms with E-state index in [1.807, 2.05) is 0 Å². The Hall–Kier alpha value is -3.79. The molecule has 7 N–H and O–H groups in total. The number of pyridine rings is 1. The van der Waals surface area contributed by atoms with Gasteiger partial charge < -0.3 is 21.7 Å². The summed E-state index contributed by atoms with van der Waals surface area (Å²) in [5, 5.41) is 17.4. The summed E-state index contributed by atoms with van der Waals surface area (Å²) in [5.41, 5.74) is 11.4. The van der Waals surface area contributed by atoms with E-state index in [1.54, 1.807) is 18.2 Å². The Balaban J connectivity index is 0.000000221. The molecule has 0 bridgehead atoms. The van der Waals surface area contributed by atoms with E-state index in [1.165, 1.54) is 48.7 Å². The van der Waals surface area contributed by atoms with Crippen molar-refractivity contribution in [1.29, 1.82) is 0 Å². The number of rotatable bonds is 4. The third-order valence-corrected chi connectivity index (χ3v) is 4.72. The Morgan fingerprint density at radius 3 is 2.14 bits per heavy atom. The lowest BCUT2D eigenvalue weighted by atomic mass is 10.2. The molecule has 0 aliphatic heterocycles. The van der Waals surface area contributed by atoms with E-state index in [4.69, 9.17) is 21.7 Å². The number of sulfonamides is 1. The number of nitrogens with zero attached hydrogens (tertiary/aromatic N) is 1. The molecule has 0 radical (unpaired) electrons. The number of aromatic hydroxyl groups is 1. The van der Waals surface area contributed by atoms with Gasteiger partial charge in [0.1, 0.15) is 17.1 Å². The van der Waals surface area contributed by atoms with Gasteiger partial charge in [-0.25, -0.2) is 18.2 Å². The van der Waals surface area contributed by atoms with Crippen LogP contribution in [0, 0.1) is 0 Å². The van der Waals surface area contributed by atoms with E-state index in [-0.39, 0.29) is 22.0 Å². The highest BCUT2D eigenvalue weighted by Gasteiger charge is 2.13. The molecule has 0 saturated heterocycles. The smallest absolute Gasteiger partial charge is 0.339 e. The lowest BCUT2D eigenvalue weighted by Gasteiger charge is -2.06. The van der Waals surface area contributed by atoms with Gasteiger partial charge in [-0.2, -0.15) is 0 Å². The summed E-state index contributed by atoms with van der Waals surface area (Å²) in [4.78, 5) is 14.4. The Kier molecular flexibility index (Phi) is 6.40. The maximum absolute atomic E-state index is 11.9. The molecule has 9 nitrogen and oxygen atoms in total. The summed E-state index contributed by atoms with van der Waals surface area (Å²) < 4.78 is 26.2. The van der Waals surface area contributed by atoms with Gasteiger partial charge in [-0.1, -0.05) is 6.07 Å². The zero-order valence-electron chi connectivity index (χ0n) is 14.5. The molecule has 28 heavy (non-hydrogen) atoms. The van der Waals surface area contributed by atoms with Gasteiger partial charge in [0, 0.05) is 17.6 Å². The van der Waals surface area contributed by atoms with Gasteiger partial charge in [-0.05, 0) is 54.6 Å². The molecule has 146 valence electrons. The van der Waals surface area contributed by atoms with Crippen LogP contribution in [0.1, 0.15) is 10.4 Å². The van der Waals surface area contributed by atoms with E-state index in [0.717, 1.165) is 0 Å². The first-order valence-corrected chi connectivity index (χ1v) is 9.28. The third-order valence-electron chi connectivity index (χ3n) is 3.35. The van der Waals surface area contributed by atoms with Gasteiger partial charge in [0.15, 0.2) is 0 Å². The predicted octanol–water partition coefficient (Wildman–Crippen LogP) is 2.14. The molecule has 0 atom stereocenters. The molecule has 1 heterocycles. The second-order valence-corrected chi connectivity index (χ2v) is 7.15. The second kappa shape index (κ2) is 8.73. The average molecular weight is 402 g/mol. The first-order chi connectivity index (χ1) is 13.2. The minimum atomic E-state index is -3.60. The number of benzene rings is 2. The van der Waals surface area contributed by atoms with Crippen LogP contribution in [0.5, 0.6) is 5.75 Å². The SMILES string of the molecule is Nc1ccc(O)c(C(=O)O)c1.Nc1ccc(S(=O)(=O)Nc2ccccn2)cc1. The minimum absolute atomic E-state index is 0.150. The number of nitrogen functional groups attached to an aromatic ring is 2. The van der Waals surface area contributed by atoms with Gasteiger partial charge in [0.25, 0.3) is 10.0 Å². The highest BCUT2D eigenvalue weighted by Crippen LogP contribution is 2.19. The van der Waals surface area contributed by atoms with Crippen LogP contribution < -0.4 is 16.2 Å². The lowest BCUT2D eigenvalue weighted by molar-refractivity contribution is 0.0693. The summed E-state index contributed by atoms with van der Waals surface area (Å²) in [5.74, 6) is -1.18. The summed E-state index contributed by atoms with van der Waals surface area (Å²) in [6, 6.07) is 14.8. The van der Waals surface area contributed by atoms with Crippen molar-refractivity contribution in [2.45, 2.75) is 4.90 Å². The molecule has 0 aliphatic carbocycles. The van der Waals surface area contributed by atoms with Crippen molar-refractivity contribution in [3.05, 3.63) is 72.4 Å². The molecular weight excluding hydrogens is 384 g/mol. The zero-order valence-corrected chi connectivity index (χ0v) is 15.3. The van der Waals surface area contributed by atoms with E-state index >= 15 is 0 Å². The van der Waals surface area contributed by atoms with Crippen molar-refractivity contribution < 1.29 is 23.4 Å². The maximum Gasteiger partial charge on any atom is 0.339 e. The molecule has 10 heteroatoms. The molecule has 3 rings (SSSR count). The van der Waals surface area contributed by atoms with Crippen LogP contribution in [-0.4, -0.2) is 29.6 Å². The van der Waals surface area contributed by atoms with Crippen molar-refractivity contribution in [1.82, 2.24) is 4.98 Å². The Bertz CT molecular complexity index is 1060. The maximum atomic E-state index is 11.9. The number of hydrogen-bond acceptors (Lipinski definition) is 7. The van der Waals surface area contributed by atoms with E-state index in [9.17, 15) is 13.2 Å². The van der Waals surface area contributed by atoms with Gasteiger partial charge in [-0.3, -0.25) is 4.72 Å². The number of nitrogens with two attached hydrogens (primary N) is 2. The fourth-order valence-electron chi connectivity index (χ4n) is 1.99. The molecule has 0 amide bonds. The summed E-state index contributed by atoms with van der Waals surface area (Å²) >= 11 is 0. The van der Waals surface area contributed by atoms with Crippen LogP contribution >= 0.6 is 0 Å². The summed E-state index contributed by atoms with van der Waals surface area (Å²) in [7, 11) is -3.60. The normalized spacial score (nSPS) is 10.4. The molecule has 3 aromatic rings. The molecule has 0 spiro atoms. The standard InChI is InChI=1S/C11H11N3O2S.C7H7NO3/c12-9-4-6-10(7-5-9)17(15,16)14-11-3-1-2-8-13-11;8-4-1-2-6(9)5(3-4)7(10)11/h1-8H,12H2,(H,13,14);1-3,9H,8H2,(H,10,11). The quantitative estimate of drug-likeness (QED) is 0.326. The molecular formula is C18H18N4O5S. The Labute approximate surface area is 161 Å². The van der Waals surface area contributed by atoms with Crippen LogP contribution in [-0.2, 0) is 10.0 Å². The number of nitrogens with one attached hydrogen (secondary N) is 1. The first-order valence-electron chi connectivity index (χ1n) is 7.80. The number of hydrogen-bond donors (Lipinski definition) is 5. The van der Waals surface area contributed by atoms with E-state index < -0.39 is 16.0 Å². The van der Waals surface area contributed by atoms with Crippen molar-refractivity contribution in [3.8, 4) is 5.75 Å². The molecule has 0 unspecified atom stereocenters. The number of carboxylic acid groups (broad SMARTS) is 1. The number of phenols is 1. The number of aromatic carboxylic acids is 1. The fourth-order valence-corrected chi connectivity index (χ4v) is 3.00. The van der Waals surface area contributed by atoms with Gasteiger partial charge in [0.2, 0.25) is 0 Å². The number of anilines is 3. The topological polar surface area (TPSA) is 169 Å². The van der Waals surface area contributed by atoms with E-state index in [0.29, 0.717) is 11.4 Å².